The molecule has 0 fully saturated rings. The molecule has 74 valence electrons. The predicted molar refractivity (Wildman–Crippen MR) is 50.2 cm³/mol. The van der Waals surface area contributed by atoms with Crippen LogP contribution in [0.4, 0.5) is 0 Å². The molecule has 0 radical (unpaired) electrons. The molecule has 0 bridgehead atoms. The third-order valence-corrected chi connectivity index (χ3v) is 1.90. The molecule has 1 heterocycles. The van der Waals surface area contributed by atoms with E-state index in [1.807, 2.05) is 6.92 Å². The van der Waals surface area contributed by atoms with Gasteiger partial charge in [-0.05, 0) is 24.6 Å². The van der Waals surface area contributed by atoms with E-state index < -0.39 is 12.2 Å². The van der Waals surface area contributed by atoms with Crippen LogP contribution in [0.5, 0.6) is 0 Å². The van der Waals surface area contributed by atoms with Crippen molar-refractivity contribution < 1.29 is 10.2 Å². The van der Waals surface area contributed by atoms with E-state index >= 15 is 0 Å². The number of pyridine rings is 1. The average molecular weight is 192 g/mol. The maximum atomic E-state index is 9.58. The van der Waals surface area contributed by atoms with Gasteiger partial charge >= 0.3 is 0 Å². The number of hydrogen-bond acceptors (Lipinski definition) is 4. The number of nitriles is 1. The molecule has 4 nitrogen and oxygen atoms in total. The molecule has 0 saturated heterocycles. The third kappa shape index (κ3) is 2.52. The first kappa shape index (κ1) is 10.6. The van der Waals surface area contributed by atoms with Crippen LogP contribution in [0, 0.1) is 18.3 Å². The van der Waals surface area contributed by atoms with Crippen LogP contribution in [0.2, 0.25) is 0 Å². The number of aromatic nitrogens is 1. The van der Waals surface area contributed by atoms with E-state index in [9.17, 15) is 10.2 Å². The van der Waals surface area contributed by atoms with Gasteiger partial charge in [0.15, 0.2) is 0 Å². The van der Waals surface area contributed by atoms with Crippen molar-refractivity contribution in [1.82, 2.24) is 4.98 Å². The van der Waals surface area contributed by atoms with E-state index in [1.165, 1.54) is 0 Å². The largest absolute Gasteiger partial charge is 0.389 e. The third-order valence-electron chi connectivity index (χ3n) is 1.90. The predicted octanol–water partition coefficient (Wildman–Crippen LogP) is 0.698. The number of nitrogens with zero attached hydrogens (tertiary/aromatic N) is 2. The molecule has 14 heavy (non-hydrogen) atoms. The lowest BCUT2D eigenvalue weighted by Gasteiger charge is -2.14. The number of aryl methyl sites for hydroxylation is 1. The summed E-state index contributed by atoms with van der Waals surface area (Å²) in [6, 6.07) is 5.28. The zero-order valence-corrected chi connectivity index (χ0v) is 7.88. The Labute approximate surface area is 82.5 Å². The van der Waals surface area contributed by atoms with Gasteiger partial charge in [0.25, 0.3) is 0 Å². The number of aliphatic hydroxyl groups excluding tert-OH is 2. The summed E-state index contributed by atoms with van der Waals surface area (Å²) in [5, 5.41) is 27.3. The van der Waals surface area contributed by atoms with Gasteiger partial charge in [0.1, 0.15) is 6.10 Å². The van der Waals surface area contributed by atoms with Gasteiger partial charge in [0.2, 0.25) is 0 Å². The Kier molecular flexibility index (Phi) is 3.57. The highest BCUT2D eigenvalue weighted by Gasteiger charge is 2.18. The van der Waals surface area contributed by atoms with E-state index in [0.29, 0.717) is 5.69 Å². The molecule has 1 rings (SSSR count). The molecule has 4 heteroatoms. The lowest BCUT2D eigenvalue weighted by atomic mass is 10.1. The van der Waals surface area contributed by atoms with Crippen molar-refractivity contribution in [1.29, 1.82) is 5.26 Å². The van der Waals surface area contributed by atoms with E-state index in [4.69, 9.17) is 5.26 Å². The summed E-state index contributed by atoms with van der Waals surface area (Å²) in [6.07, 6.45) is -0.701. The first-order valence-electron chi connectivity index (χ1n) is 4.30. The van der Waals surface area contributed by atoms with E-state index in [2.05, 4.69) is 4.98 Å². The molecule has 0 amide bonds. The standard InChI is InChI=1S/C10H12N2O2/c1-7-3-5-12-8(6-7)10(14)9(13)2-4-11/h3,5-6,9-10,13-14H,2H2,1H3. The van der Waals surface area contributed by atoms with Gasteiger partial charge in [0, 0.05) is 6.20 Å². The molecule has 2 atom stereocenters. The Balaban J connectivity index is 2.79. The Bertz CT molecular complexity index is 346. The molecule has 0 spiro atoms. The average Bonchev–Trinajstić information content (AvgIpc) is 2.17. The molecule has 0 aliphatic carbocycles. The first-order chi connectivity index (χ1) is 6.65. The summed E-state index contributed by atoms with van der Waals surface area (Å²) in [4.78, 5) is 3.92. The van der Waals surface area contributed by atoms with Crippen molar-refractivity contribution in [3.63, 3.8) is 0 Å². The molecular formula is C10H12N2O2. The second-order valence-corrected chi connectivity index (χ2v) is 3.13. The fourth-order valence-electron chi connectivity index (χ4n) is 1.12. The molecular weight excluding hydrogens is 180 g/mol. The van der Waals surface area contributed by atoms with E-state index in [1.54, 1.807) is 24.4 Å². The lowest BCUT2D eigenvalue weighted by molar-refractivity contribution is 0.0190. The molecule has 0 aliphatic heterocycles. The molecule has 1 aromatic rings. The molecule has 0 aliphatic rings. The van der Waals surface area contributed by atoms with Gasteiger partial charge in [-0.25, -0.2) is 0 Å². The summed E-state index contributed by atoms with van der Waals surface area (Å²) in [5.74, 6) is 0. The highest BCUT2D eigenvalue weighted by atomic mass is 16.3. The monoisotopic (exact) mass is 192 g/mol. The molecule has 2 unspecified atom stereocenters. The van der Waals surface area contributed by atoms with Crippen LogP contribution in [0.25, 0.3) is 0 Å². The smallest absolute Gasteiger partial charge is 0.123 e. The van der Waals surface area contributed by atoms with Crippen LogP contribution < -0.4 is 0 Å². The second-order valence-electron chi connectivity index (χ2n) is 3.13. The fraction of sp³-hybridized carbons (Fsp3) is 0.400. The topological polar surface area (TPSA) is 77.1 Å². The number of aliphatic hydroxyl groups is 2. The quantitative estimate of drug-likeness (QED) is 0.739. The van der Waals surface area contributed by atoms with Crippen molar-refractivity contribution in [2.24, 2.45) is 0 Å². The first-order valence-corrected chi connectivity index (χ1v) is 4.30. The van der Waals surface area contributed by atoms with Crippen LogP contribution in [0.15, 0.2) is 18.3 Å². The summed E-state index contributed by atoms with van der Waals surface area (Å²) in [6.45, 7) is 1.87. The van der Waals surface area contributed by atoms with Crippen LogP contribution >= 0.6 is 0 Å². The minimum Gasteiger partial charge on any atom is -0.389 e. The van der Waals surface area contributed by atoms with Crippen molar-refractivity contribution in [3.05, 3.63) is 29.6 Å². The maximum absolute atomic E-state index is 9.58. The van der Waals surface area contributed by atoms with E-state index in [-0.39, 0.29) is 6.42 Å². The minimum atomic E-state index is -1.09. The SMILES string of the molecule is Cc1ccnc(C(O)C(O)CC#N)c1. The van der Waals surface area contributed by atoms with Crippen molar-refractivity contribution in [2.75, 3.05) is 0 Å². The summed E-state index contributed by atoms with van der Waals surface area (Å²) in [5.41, 5.74) is 1.35. The molecule has 0 saturated carbocycles. The maximum Gasteiger partial charge on any atom is 0.123 e. The highest BCUT2D eigenvalue weighted by molar-refractivity contribution is 5.17. The van der Waals surface area contributed by atoms with Crippen molar-refractivity contribution >= 4 is 0 Å². The van der Waals surface area contributed by atoms with Crippen molar-refractivity contribution in [3.8, 4) is 6.07 Å². The Morgan fingerprint density at radius 2 is 2.29 bits per heavy atom. The Morgan fingerprint density at radius 1 is 1.57 bits per heavy atom. The van der Waals surface area contributed by atoms with Gasteiger partial charge in [-0.15, -0.1) is 0 Å². The fourth-order valence-corrected chi connectivity index (χ4v) is 1.12. The molecule has 0 aromatic carbocycles. The molecule has 2 N–H and O–H groups in total. The number of rotatable bonds is 3. The Hall–Kier alpha value is -1.44. The van der Waals surface area contributed by atoms with Gasteiger partial charge in [-0.2, -0.15) is 5.26 Å². The zero-order chi connectivity index (χ0) is 10.6. The van der Waals surface area contributed by atoms with Crippen LogP contribution in [0.3, 0.4) is 0 Å². The second kappa shape index (κ2) is 4.70. The normalized spacial score (nSPS) is 14.4. The highest BCUT2D eigenvalue weighted by Crippen LogP contribution is 2.16. The zero-order valence-electron chi connectivity index (χ0n) is 7.88. The van der Waals surface area contributed by atoms with E-state index in [0.717, 1.165) is 5.56 Å². The minimum absolute atomic E-state index is 0.100. The Morgan fingerprint density at radius 3 is 2.86 bits per heavy atom. The van der Waals surface area contributed by atoms with Gasteiger partial charge < -0.3 is 10.2 Å². The lowest BCUT2D eigenvalue weighted by Crippen LogP contribution is -2.18. The van der Waals surface area contributed by atoms with Crippen LogP contribution in [-0.2, 0) is 0 Å². The van der Waals surface area contributed by atoms with Gasteiger partial charge in [-0.3, -0.25) is 4.98 Å². The summed E-state index contributed by atoms with van der Waals surface area (Å²) >= 11 is 0. The van der Waals surface area contributed by atoms with Crippen molar-refractivity contribution in [2.45, 2.75) is 25.6 Å². The summed E-state index contributed by atoms with van der Waals surface area (Å²) < 4.78 is 0. The molecule has 1 aromatic heterocycles. The number of hydrogen-bond donors (Lipinski definition) is 2. The van der Waals surface area contributed by atoms with Crippen LogP contribution in [-0.4, -0.2) is 21.3 Å². The van der Waals surface area contributed by atoms with Crippen LogP contribution in [0.1, 0.15) is 23.8 Å². The van der Waals surface area contributed by atoms with Gasteiger partial charge in [0.05, 0.1) is 24.3 Å². The van der Waals surface area contributed by atoms with Gasteiger partial charge in [-0.1, -0.05) is 0 Å². The summed E-state index contributed by atoms with van der Waals surface area (Å²) in [7, 11) is 0.